The van der Waals surface area contributed by atoms with Crippen LogP contribution in [0.25, 0.3) is 10.6 Å². The Morgan fingerprint density at radius 3 is 3.06 bits per heavy atom. The average molecular weight is 235 g/mol. The first-order chi connectivity index (χ1) is 7.75. The SMILES string of the molecule is CC(C)NCCc1ncc(-c2cccs2)[nH]1. The summed E-state index contributed by atoms with van der Waals surface area (Å²) in [5, 5.41) is 5.46. The number of hydrogen-bond acceptors (Lipinski definition) is 3. The quantitative estimate of drug-likeness (QED) is 0.836. The third kappa shape index (κ3) is 2.93. The van der Waals surface area contributed by atoms with Crippen LogP contribution < -0.4 is 5.32 Å². The first kappa shape index (κ1) is 11.4. The Hall–Kier alpha value is -1.13. The van der Waals surface area contributed by atoms with E-state index < -0.39 is 0 Å². The fourth-order valence-electron chi connectivity index (χ4n) is 1.53. The van der Waals surface area contributed by atoms with Crippen molar-refractivity contribution in [3.05, 3.63) is 29.5 Å². The van der Waals surface area contributed by atoms with Gasteiger partial charge in [-0.3, -0.25) is 0 Å². The molecule has 4 heteroatoms. The number of H-pyrrole nitrogens is 1. The summed E-state index contributed by atoms with van der Waals surface area (Å²) in [7, 11) is 0. The minimum absolute atomic E-state index is 0.534. The molecule has 0 bridgehead atoms. The predicted octanol–water partition coefficient (Wildman–Crippen LogP) is 2.68. The van der Waals surface area contributed by atoms with Gasteiger partial charge < -0.3 is 10.3 Å². The summed E-state index contributed by atoms with van der Waals surface area (Å²) in [4.78, 5) is 8.97. The first-order valence-electron chi connectivity index (χ1n) is 5.57. The predicted molar refractivity (Wildman–Crippen MR) is 68.7 cm³/mol. The number of hydrogen-bond donors (Lipinski definition) is 2. The van der Waals surface area contributed by atoms with Gasteiger partial charge in [0.1, 0.15) is 5.82 Å². The second kappa shape index (κ2) is 5.27. The Morgan fingerprint density at radius 1 is 1.50 bits per heavy atom. The molecule has 2 heterocycles. The smallest absolute Gasteiger partial charge is 0.107 e. The molecule has 0 atom stereocenters. The fraction of sp³-hybridized carbons (Fsp3) is 0.417. The van der Waals surface area contributed by atoms with Crippen LogP contribution in [0.2, 0.25) is 0 Å². The number of nitrogens with zero attached hydrogens (tertiary/aromatic N) is 1. The van der Waals surface area contributed by atoms with Crippen LogP contribution in [0.4, 0.5) is 0 Å². The second-order valence-electron chi connectivity index (χ2n) is 4.08. The molecule has 2 aromatic heterocycles. The topological polar surface area (TPSA) is 40.7 Å². The highest BCUT2D eigenvalue weighted by Gasteiger charge is 2.03. The molecule has 0 aliphatic rings. The van der Waals surface area contributed by atoms with E-state index in [0.29, 0.717) is 6.04 Å². The van der Waals surface area contributed by atoms with Crippen LogP contribution in [0.15, 0.2) is 23.7 Å². The zero-order valence-corrected chi connectivity index (χ0v) is 10.5. The molecule has 2 aromatic rings. The maximum absolute atomic E-state index is 4.38. The summed E-state index contributed by atoms with van der Waals surface area (Å²) in [6.07, 6.45) is 2.86. The van der Waals surface area contributed by atoms with Crippen molar-refractivity contribution in [3.8, 4) is 10.6 Å². The van der Waals surface area contributed by atoms with E-state index in [4.69, 9.17) is 0 Å². The van der Waals surface area contributed by atoms with Gasteiger partial charge in [0.05, 0.1) is 16.8 Å². The van der Waals surface area contributed by atoms with Crippen LogP contribution in [0.5, 0.6) is 0 Å². The third-order valence-corrected chi connectivity index (χ3v) is 3.23. The number of aromatic amines is 1. The summed E-state index contributed by atoms with van der Waals surface area (Å²) in [6, 6.07) is 4.70. The number of imidazole rings is 1. The van der Waals surface area contributed by atoms with Crippen molar-refractivity contribution in [2.75, 3.05) is 6.54 Å². The van der Waals surface area contributed by atoms with E-state index in [1.807, 2.05) is 6.20 Å². The Labute approximate surface area is 99.9 Å². The summed E-state index contributed by atoms with van der Waals surface area (Å²) >= 11 is 1.73. The Bertz CT molecular complexity index is 417. The molecule has 2 rings (SSSR count). The highest BCUT2D eigenvalue weighted by atomic mass is 32.1. The lowest BCUT2D eigenvalue weighted by Gasteiger charge is -2.05. The molecule has 0 unspecified atom stereocenters. The molecular weight excluding hydrogens is 218 g/mol. The van der Waals surface area contributed by atoms with E-state index in [2.05, 4.69) is 46.6 Å². The van der Waals surface area contributed by atoms with Crippen molar-refractivity contribution in [3.63, 3.8) is 0 Å². The van der Waals surface area contributed by atoms with Crippen molar-refractivity contribution in [2.45, 2.75) is 26.3 Å². The van der Waals surface area contributed by atoms with Crippen molar-refractivity contribution in [2.24, 2.45) is 0 Å². The maximum Gasteiger partial charge on any atom is 0.107 e. The zero-order valence-electron chi connectivity index (χ0n) is 9.66. The van der Waals surface area contributed by atoms with Crippen LogP contribution >= 0.6 is 11.3 Å². The van der Waals surface area contributed by atoms with E-state index in [1.165, 1.54) is 4.88 Å². The lowest BCUT2D eigenvalue weighted by molar-refractivity contribution is 0.584. The number of rotatable bonds is 5. The minimum Gasteiger partial charge on any atom is -0.341 e. The number of thiophene rings is 1. The van der Waals surface area contributed by atoms with Crippen molar-refractivity contribution < 1.29 is 0 Å². The zero-order chi connectivity index (χ0) is 11.4. The van der Waals surface area contributed by atoms with Crippen molar-refractivity contribution in [1.29, 1.82) is 0 Å². The fourth-order valence-corrected chi connectivity index (χ4v) is 2.22. The summed E-state index contributed by atoms with van der Waals surface area (Å²) in [6.45, 7) is 5.27. The van der Waals surface area contributed by atoms with E-state index in [1.54, 1.807) is 11.3 Å². The second-order valence-corrected chi connectivity index (χ2v) is 5.03. The molecule has 0 saturated heterocycles. The molecular formula is C12H17N3S. The van der Waals surface area contributed by atoms with E-state index in [9.17, 15) is 0 Å². The molecule has 0 radical (unpaired) electrons. The molecule has 0 fully saturated rings. The molecule has 0 aromatic carbocycles. The molecule has 86 valence electrons. The molecule has 3 nitrogen and oxygen atoms in total. The summed E-state index contributed by atoms with van der Waals surface area (Å²) < 4.78 is 0. The molecule has 0 amide bonds. The van der Waals surface area contributed by atoms with Crippen LogP contribution in [0.1, 0.15) is 19.7 Å². The van der Waals surface area contributed by atoms with Gasteiger partial charge in [-0.05, 0) is 11.4 Å². The largest absolute Gasteiger partial charge is 0.341 e. The van der Waals surface area contributed by atoms with Gasteiger partial charge in [0, 0.05) is 19.0 Å². The van der Waals surface area contributed by atoms with Crippen LogP contribution in [0.3, 0.4) is 0 Å². The molecule has 0 spiro atoms. The Kier molecular flexibility index (Phi) is 3.74. The molecule has 0 saturated carbocycles. The highest BCUT2D eigenvalue weighted by molar-refractivity contribution is 7.13. The van der Waals surface area contributed by atoms with Crippen molar-refractivity contribution in [1.82, 2.24) is 15.3 Å². The maximum atomic E-state index is 4.38. The Balaban J connectivity index is 1.93. The lowest BCUT2D eigenvalue weighted by Crippen LogP contribution is -2.25. The van der Waals surface area contributed by atoms with Crippen molar-refractivity contribution >= 4 is 11.3 Å². The minimum atomic E-state index is 0.534. The first-order valence-corrected chi connectivity index (χ1v) is 6.45. The lowest BCUT2D eigenvalue weighted by atomic mass is 10.3. The van der Waals surface area contributed by atoms with Gasteiger partial charge in [0.15, 0.2) is 0 Å². The third-order valence-electron chi connectivity index (χ3n) is 2.33. The number of nitrogens with one attached hydrogen (secondary N) is 2. The van der Waals surface area contributed by atoms with E-state index in [-0.39, 0.29) is 0 Å². The standard InChI is InChI=1S/C12H17N3S/c1-9(2)13-6-5-12-14-8-10(15-12)11-4-3-7-16-11/h3-4,7-9,13H,5-6H2,1-2H3,(H,14,15). The van der Waals surface area contributed by atoms with Gasteiger partial charge in [0.25, 0.3) is 0 Å². The van der Waals surface area contributed by atoms with Gasteiger partial charge >= 0.3 is 0 Å². The molecule has 0 aliphatic carbocycles. The summed E-state index contributed by atoms with van der Waals surface area (Å²) in [5.74, 6) is 1.05. The van der Waals surface area contributed by atoms with E-state index in [0.717, 1.165) is 24.5 Å². The van der Waals surface area contributed by atoms with E-state index >= 15 is 0 Å². The summed E-state index contributed by atoms with van der Waals surface area (Å²) in [5.41, 5.74) is 1.12. The van der Waals surface area contributed by atoms with Gasteiger partial charge in [-0.1, -0.05) is 19.9 Å². The molecule has 16 heavy (non-hydrogen) atoms. The van der Waals surface area contributed by atoms with Crippen LogP contribution in [-0.4, -0.2) is 22.6 Å². The normalized spacial score (nSPS) is 11.2. The van der Waals surface area contributed by atoms with Gasteiger partial charge in [-0.25, -0.2) is 4.98 Å². The number of aromatic nitrogens is 2. The van der Waals surface area contributed by atoms with Crippen LogP contribution in [-0.2, 0) is 6.42 Å². The Morgan fingerprint density at radius 2 is 2.38 bits per heavy atom. The van der Waals surface area contributed by atoms with Crippen LogP contribution in [0, 0.1) is 0 Å². The van der Waals surface area contributed by atoms with Gasteiger partial charge in [-0.15, -0.1) is 11.3 Å². The monoisotopic (exact) mass is 235 g/mol. The van der Waals surface area contributed by atoms with Gasteiger partial charge in [0.2, 0.25) is 0 Å². The average Bonchev–Trinajstić information content (AvgIpc) is 2.85. The molecule has 0 aliphatic heterocycles. The van der Waals surface area contributed by atoms with Gasteiger partial charge in [-0.2, -0.15) is 0 Å². The highest BCUT2D eigenvalue weighted by Crippen LogP contribution is 2.22. The molecule has 2 N–H and O–H groups in total.